The van der Waals surface area contributed by atoms with Gasteiger partial charge in [-0.25, -0.2) is 0 Å². The molecule has 2 N–H and O–H groups in total. The number of pyridine rings is 2. The Bertz CT molecular complexity index is 934. The van der Waals surface area contributed by atoms with Crippen LogP contribution in [0.3, 0.4) is 0 Å². The Morgan fingerprint density at radius 3 is 2.96 bits per heavy atom. The van der Waals surface area contributed by atoms with Gasteiger partial charge in [0.05, 0.1) is 12.1 Å². The van der Waals surface area contributed by atoms with E-state index in [1.54, 1.807) is 6.20 Å². The number of hydrogen-bond acceptors (Lipinski definition) is 4. The molecule has 2 heterocycles. The molecule has 0 radical (unpaired) electrons. The van der Waals surface area contributed by atoms with Crippen molar-refractivity contribution in [2.45, 2.75) is 0 Å². The molecule has 0 saturated carbocycles. The number of para-hydroxylation sites is 1. The van der Waals surface area contributed by atoms with Gasteiger partial charge in [-0.2, -0.15) is 0 Å². The zero-order valence-electron chi connectivity index (χ0n) is 12.6. The highest BCUT2D eigenvalue weighted by atomic mass is 35.5. The molecular weight excluding hydrogens is 330 g/mol. The van der Waals surface area contributed by atoms with E-state index in [0.717, 1.165) is 10.9 Å². The van der Waals surface area contributed by atoms with E-state index < -0.39 is 5.56 Å². The highest BCUT2D eigenvalue weighted by Crippen LogP contribution is 2.22. The molecule has 6 nitrogen and oxygen atoms in total. The SMILES string of the molecule is O=C(NCCOc1cccc2cccnc12)c1c[nH]c(=O)c(Cl)c1. The molecule has 0 saturated heterocycles. The van der Waals surface area contributed by atoms with Gasteiger partial charge >= 0.3 is 0 Å². The second-order valence-electron chi connectivity index (χ2n) is 5.00. The summed E-state index contributed by atoms with van der Waals surface area (Å²) in [4.78, 5) is 29.8. The van der Waals surface area contributed by atoms with E-state index in [4.69, 9.17) is 16.3 Å². The summed E-state index contributed by atoms with van der Waals surface area (Å²) >= 11 is 5.70. The minimum Gasteiger partial charge on any atom is -0.489 e. The van der Waals surface area contributed by atoms with Crippen LogP contribution in [0.25, 0.3) is 10.9 Å². The number of carbonyl (C=O) groups excluding carboxylic acids is 1. The summed E-state index contributed by atoms with van der Waals surface area (Å²) in [6.45, 7) is 0.595. The van der Waals surface area contributed by atoms with Crippen molar-refractivity contribution in [3.63, 3.8) is 0 Å². The molecule has 2 aromatic heterocycles. The maximum absolute atomic E-state index is 12.0. The summed E-state index contributed by atoms with van der Waals surface area (Å²) < 4.78 is 5.69. The van der Waals surface area contributed by atoms with E-state index in [0.29, 0.717) is 18.9 Å². The van der Waals surface area contributed by atoms with Crippen LogP contribution in [0.15, 0.2) is 53.6 Å². The van der Waals surface area contributed by atoms with E-state index in [9.17, 15) is 9.59 Å². The fourth-order valence-corrected chi connectivity index (χ4v) is 2.38. The number of H-pyrrole nitrogens is 1. The molecule has 24 heavy (non-hydrogen) atoms. The van der Waals surface area contributed by atoms with Crippen molar-refractivity contribution in [3.05, 3.63) is 69.7 Å². The second-order valence-corrected chi connectivity index (χ2v) is 5.41. The first kappa shape index (κ1) is 16.0. The maximum atomic E-state index is 12.0. The van der Waals surface area contributed by atoms with Gasteiger partial charge < -0.3 is 15.0 Å². The van der Waals surface area contributed by atoms with Crippen LogP contribution in [0.5, 0.6) is 5.75 Å². The smallest absolute Gasteiger partial charge is 0.266 e. The van der Waals surface area contributed by atoms with Crippen LogP contribution in [0.2, 0.25) is 5.02 Å². The molecule has 122 valence electrons. The molecule has 0 aliphatic carbocycles. The lowest BCUT2D eigenvalue weighted by Gasteiger charge is -2.09. The Balaban J connectivity index is 1.57. The lowest BCUT2D eigenvalue weighted by atomic mass is 10.2. The Hall–Kier alpha value is -2.86. The first-order chi connectivity index (χ1) is 11.6. The van der Waals surface area contributed by atoms with Crippen molar-refractivity contribution >= 4 is 28.4 Å². The molecule has 1 amide bonds. The van der Waals surface area contributed by atoms with Crippen LogP contribution in [-0.4, -0.2) is 29.0 Å². The van der Waals surface area contributed by atoms with Gasteiger partial charge in [-0.15, -0.1) is 0 Å². The molecular formula is C17H14ClN3O3. The summed E-state index contributed by atoms with van der Waals surface area (Å²) in [7, 11) is 0. The number of carbonyl (C=O) groups is 1. The Morgan fingerprint density at radius 2 is 2.12 bits per heavy atom. The van der Waals surface area contributed by atoms with Gasteiger partial charge in [0.15, 0.2) is 0 Å². The average Bonchev–Trinajstić information content (AvgIpc) is 2.61. The van der Waals surface area contributed by atoms with Gasteiger partial charge in [-0.1, -0.05) is 29.8 Å². The molecule has 0 fully saturated rings. The third-order valence-electron chi connectivity index (χ3n) is 3.36. The zero-order chi connectivity index (χ0) is 16.9. The number of aromatic nitrogens is 2. The molecule has 0 spiro atoms. The normalized spacial score (nSPS) is 10.5. The van der Waals surface area contributed by atoms with E-state index in [-0.39, 0.29) is 16.5 Å². The van der Waals surface area contributed by atoms with Gasteiger partial charge in [-0.05, 0) is 18.2 Å². The molecule has 0 aliphatic heterocycles. The van der Waals surface area contributed by atoms with Gasteiger partial charge in [-0.3, -0.25) is 14.6 Å². The number of benzene rings is 1. The molecule has 0 bridgehead atoms. The minimum atomic E-state index is -0.431. The number of aromatic amines is 1. The summed E-state index contributed by atoms with van der Waals surface area (Å²) in [6.07, 6.45) is 3.02. The van der Waals surface area contributed by atoms with Crippen molar-refractivity contribution in [3.8, 4) is 5.75 Å². The van der Waals surface area contributed by atoms with Crippen LogP contribution < -0.4 is 15.6 Å². The molecule has 3 rings (SSSR count). The number of hydrogen-bond donors (Lipinski definition) is 2. The molecule has 0 unspecified atom stereocenters. The number of amides is 1. The lowest BCUT2D eigenvalue weighted by molar-refractivity contribution is 0.0946. The van der Waals surface area contributed by atoms with E-state index >= 15 is 0 Å². The van der Waals surface area contributed by atoms with Gasteiger partial charge in [0.25, 0.3) is 11.5 Å². The number of nitrogens with one attached hydrogen (secondary N) is 2. The number of halogens is 1. The first-order valence-electron chi connectivity index (χ1n) is 7.28. The van der Waals surface area contributed by atoms with E-state index in [1.807, 2.05) is 30.3 Å². The molecule has 0 atom stereocenters. The maximum Gasteiger partial charge on any atom is 0.266 e. The van der Waals surface area contributed by atoms with Crippen molar-refractivity contribution in [1.82, 2.24) is 15.3 Å². The number of ether oxygens (including phenoxy) is 1. The Morgan fingerprint density at radius 1 is 1.29 bits per heavy atom. The largest absolute Gasteiger partial charge is 0.489 e. The van der Waals surface area contributed by atoms with Crippen LogP contribution in [0, 0.1) is 0 Å². The zero-order valence-corrected chi connectivity index (χ0v) is 13.3. The lowest BCUT2D eigenvalue weighted by Crippen LogP contribution is -2.28. The quantitative estimate of drug-likeness (QED) is 0.697. The summed E-state index contributed by atoms with van der Waals surface area (Å²) in [5.74, 6) is 0.322. The molecule has 3 aromatic rings. The molecule has 7 heteroatoms. The third kappa shape index (κ3) is 3.55. The monoisotopic (exact) mass is 343 g/mol. The second kappa shape index (κ2) is 7.14. The van der Waals surface area contributed by atoms with E-state index in [1.165, 1.54) is 12.3 Å². The fraction of sp³-hybridized carbons (Fsp3) is 0.118. The Labute approximate surface area is 142 Å². The van der Waals surface area contributed by atoms with Crippen molar-refractivity contribution in [2.24, 2.45) is 0 Å². The van der Waals surface area contributed by atoms with Crippen molar-refractivity contribution in [2.75, 3.05) is 13.2 Å². The predicted octanol–water partition coefficient (Wildman–Crippen LogP) is 2.39. The summed E-state index contributed by atoms with van der Waals surface area (Å²) in [6, 6.07) is 10.8. The Kier molecular flexibility index (Phi) is 4.77. The predicted molar refractivity (Wildman–Crippen MR) is 91.6 cm³/mol. The van der Waals surface area contributed by atoms with Crippen LogP contribution in [0.4, 0.5) is 0 Å². The third-order valence-corrected chi connectivity index (χ3v) is 3.64. The standard InChI is InChI=1S/C17H14ClN3O3/c18-13-9-12(10-21-17(13)23)16(22)20-7-8-24-14-5-1-3-11-4-2-6-19-15(11)14/h1-6,9-10H,7-8H2,(H,20,22)(H,21,23). The summed E-state index contributed by atoms with van der Waals surface area (Å²) in [5, 5.41) is 3.66. The van der Waals surface area contributed by atoms with Crippen molar-refractivity contribution < 1.29 is 9.53 Å². The first-order valence-corrected chi connectivity index (χ1v) is 7.66. The molecule has 1 aromatic carbocycles. The van der Waals surface area contributed by atoms with Gasteiger partial charge in [0.2, 0.25) is 0 Å². The van der Waals surface area contributed by atoms with Gasteiger partial charge in [0, 0.05) is 17.8 Å². The fourth-order valence-electron chi connectivity index (χ4n) is 2.21. The highest BCUT2D eigenvalue weighted by molar-refractivity contribution is 6.30. The van der Waals surface area contributed by atoms with Crippen LogP contribution in [-0.2, 0) is 0 Å². The minimum absolute atomic E-state index is 0.0271. The molecule has 0 aliphatic rings. The van der Waals surface area contributed by atoms with Crippen molar-refractivity contribution in [1.29, 1.82) is 0 Å². The highest BCUT2D eigenvalue weighted by Gasteiger charge is 2.08. The number of nitrogens with zero attached hydrogens (tertiary/aromatic N) is 1. The van der Waals surface area contributed by atoms with Crippen LogP contribution in [0.1, 0.15) is 10.4 Å². The topological polar surface area (TPSA) is 84.1 Å². The number of rotatable bonds is 5. The number of fused-ring (bicyclic) bond motifs is 1. The van der Waals surface area contributed by atoms with Crippen LogP contribution >= 0.6 is 11.6 Å². The van der Waals surface area contributed by atoms with Gasteiger partial charge in [0.1, 0.15) is 22.9 Å². The average molecular weight is 344 g/mol. The van der Waals surface area contributed by atoms with E-state index in [2.05, 4.69) is 15.3 Å². The summed E-state index contributed by atoms with van der Waals surface area (Å²) in [5.41, 5.74) is 0.630.